The summed E-state index contributed by atoms with van der Waals surface area (Å²) in [5.41, 5.74) is -0.893. The van der Waals surface area contributed by atoms with Gasteiger partial charge in [-0.15, -0.1) is 0 Å². The van der Waals surface area contributed by atoms with Crippen LogP contribution < -0.4 is 0 Å². The number of rotatable bonds is 9. The Balaban J connectivity index is 1.70. The molecule has 0 saturated carbocycles. The zero-order chi connectivity index (χ0) is 20.7. The Morgan fingerprint density at radius 3 is 2.17 bits per heavy atom. The van der Waals surface area contributed by atoms with Gasteiger partial charge in [-0.3, -0.25) is 4.79 Å². The van der Waals surface area contributed by atoms with Crippen molar-refractivity contribution in [2.24, 2.45) is 0 Å². The van der Waals surface area contributed by atoms with Gasteiger partial charge in [0.15, 0.2) is 0 Å². The third kappa shape index (κ3) is 5.38. The first-order valence-corrected chi connectivity index (χ1v) is 9.37. The molecule has 0 bridgehead atoms. The van der Waals surface area contributed by atoms with Gasteiger partial charge in [0.2, 0.25) is 12.0 Å². The lowest BCUT2D eigenvalue weighted by atomic mass is 9.98. The van der Waals surface area contributed by atoms with Crippen LogP contribution >= 0.6 is 0 Å². The molecule has 4 atom stereocenters. The van der Waals surface area contributed by atoms with E-state index in [9.17, 15) is 9.18 Å². The number of hydrogen-bond donors (Lipinski definition) is 0. The molecule has 4 unspecified atom stereocenters. The zero-order valence-electron chi connectivity index (χ0n) is 16.1. The number of ether oxygens (including phenoxy) is 4. The van der Waals surface area contributed by atoms with E-state index in [4.69, 9.17) is 18.9 Å². The number of carbonyl (C=O) groups excluding carboxylic acids is 1. The third-order valence-corrected chi connectivity index (χ3v) is 4.64. The van der Waals surface area contributed by atoms with Crippen molar-refractivity contribution >= 4 is 5.97 Å². The van der Waals surface area contributed by atoms with Gasteiger partial charge < -0.3 is 18.9 Å². The second-order valence-corrected chi connectivity index (χ2v) is 6.89. The molecule has 0 amide bonds. The maximum atomic E-state index is 15.5. The van der Waals surface area contributed by atoms with E-state index in [0.717, 1.165) is 18.1 Å². The van der Waals surface area contributed by atoms with Crippen LogP contribution in [-0.2, 0) is 37.0 Å². The fourth-order valence-corrected chi connectivity index (χ4v) is 3.20. The second-order valence-electron chi connectivity index (χ2n) is 6.89. The lowest BCUT2D eigenvalue weighted by Gasteiger charge is -2.28. The molecule has 29 heavy (non-hydrogen) atoms. The molecule has 2 aromatic rings. The second kappa shape index (κ2) is 9.91. The van der Waals surface area contributed by atoms with E-state index in [-0.39, 0.29) is 19.8 Å². The molecule has 1 fully saturated rings. The largest absolute Gasteiger partial charge is 0.432 e. The SMILES string of the molecule is CC(=O)OC1OC(COCc2ccccc2)C(OCc2ccccc2)C1(F)CF. The molecule has 1 aliphatic heterocycles. The molecule has 0 aliphatic carbocycles. The van der Waals surface area contributed by atoms with E-state index in [0.29, 0.717) is 0 Å². The van der Waals surface area contributed by atoms with Crippen LogP contribution in [0.15, 0.2) is 60.7 Å². The molecule has 0 aromatic heterocycles. The Morgan fingerprint density at radius 1 is 1.03 bits per heavy atom. The summed E-state index contributed by atoms with van der Waals surface area (Å²) in [6.07, 6.45) is -3.93. The van der Waals surface area contributed by atoms with Crippen molar-refractivity contribution in [2.75, 3.05) is 13.3 Å². The van der Waals surface area contributed by atoms with Crippen LogP contribution in [0.2, 0.25) is 0 Å². The summed E-state index contributed by atoms with van der Waals surface area (Å²) in [5.74, 6) is -0.766. The molecular weight excluding hydrogens is 382 g/mol. The molecule has 0 N–H and O–H groups in total. The van der Waals surface area contributed by atoms with Crippen molar-refractivity contribution in [2.45, 2.75) is 44.3 Å². The Hall–Kier alpha value is -2.35. The maximum absolute atomic E-state index is 15.5. The number of esters is 1. The number of benzene rings is 2. The molecular formula is C22H24F2O5. The van der Waals surface area contributed by atoms with E-state index in [1.165, 1.54) is 0 Å². The summed E-state index contributed by atoms with van der Waals surface area (Å²) in [5, 5.41) is 0. The molecule has 1 aliphatic rings. The van der Waals surface area contributed by atoms with Gasteiger partial charge in [0, 0.05) is 6.92 Å². The molecule has 2 aromatic carbocycles. The van der Waals surface area contributed by atoms with Crippen LogP contribution in [0.25, 0.3) is 0 Å². The van der Waals surface area contributed by atoms with Crippen molar-refractivity contribution in [3.05, 3.63) is 71.8 Å². The van der Waals surface area contributed by atoms with Crippen LogP contribution in [0.3, 0.4) is 0 Å². The summed E-state index contributed by atoms with van der Waals surface area (Å²) in [7, 11) is 0. The van der Waals surface area contributed by atoms with Gasteiger partial charge >= 0.3 is 5.97 Å². The minimum absolute atomic E-state index is 0.0439. The molecule has 1 saturated heterocycles. The highest BCUT2D eigenvalue weighted by Crippen LogP contribution is 2.39. The lowest BCUT2D eigenvalue weighted by Crippen LogP contribution is -2.49. The van der Waals surface area contributed by atoms with Gasteiger partial charge in [-0.1, -0.05) is 60.7 Å². The minimum atomic E-state index is -2.62. The predicted molar refractivity (Wildman–Crippen MR) is 101 cm³/mol. The first-order valence-electron chi connectivity index (χ1n) is 9.37. The van der Waals surface area contributed by atoms with Crippen molar-refractivity contribution in [1.82, 2.24) is 0 Å². The summed E-state index contributed by atoms with van der Waals surface area (Å²) in [4.78, 5) is 11.3. The average Bonchev–Trinajstić information content (AvgIpc) is 2.99. The number of carbonyl (C=O) groups is 1. The molecule has 7 heteroatoms. The van der Waals surface area contributed by atoms with Gasteiger partial charge in [0.1, 0.15) is 18.9 Å². The Morgan fingerprint density at radius 2 is 1.62 bits per heavy atom. The number of alkyl halides is 2. The van der Waals surface area contributed by atoms with Gasteiger partial charge in [-0.2, -0.15) is 0 Å². The van der Waals surface area contributed by atoms with Gasteiger partial charge in [-0.25, -0.2) is 8.78 Å². The van der Waals surface area contributed by atoms with Crippen LogP contribution in [0.1, 0.15) is 18.1 Å². The Labute approximate surface area is 168 Å². The maximum Gasteiger partial charge on any atom is 0.305 e. The van der Waals surface area contributed by atoms with Crippen molar-refractivity contribution in [1.29, 1.82) is 0 Å². The lowest BCUT2D eigenvalue weighted by molar-refractivity contribution is -0.198. The van der Waals surface area contributed by atoms with Crippen LogP contribution in [-0.4, -0.2) is 43.4 Å². The van der Waals surface area contributed by atoms with E-state index < -0.39 is 36.8 Å². The summed E-state index contributed by atoms with van der Waals surface area (Å²) in [6.45, 7) is -0.0137. The van der Waals surface area contributed by atoms with Crippen LogP contribution in [0.5, 0.6) is 0 Å². The third-order valence-electron chi connectivity index (χ3n) is 4.64. The van der Waals surface area contributed by atoms with E-state index >= 15 is 4.39 Å². The minimum Gasteiger partial charge on any atom is -0.432 e. The van der Waals surface area contributed by atoms with E-state index in [1.807, 2.05) is 60.7 Å². The van der Waals surface area contributed by atoms with E-state index in [2.05, 4.69) is 0 Å². The highest BCUT2D eigenvalue weighted by molar-refractivity contribution is 5.66. The summed E-state index contributed by atoms with van der Waals surface area (Å²) < 4.78 is 51.0. The Kier molecular flexibility index (Phi) is 7.30. The molecule has 0 spiro atoms. The van der Waals surface area contributed by atoms with Crippen molar-refractivity contribution < 1.29 is 32.5 Å². The molecule has 0 radical (unpaired) electrons. The van der Waals surface area contributed by atoms with Crippen molar-refractivity contribution in [3.63, 3.8) is 0 Å². The molecule has 156 valence electrons. The number of halogens is 2. The summed E-state index contributed by atoms with van der Waals surface area (Å²) in [6, 6.07) is 18.5. The number of hydrogen-bond acceptors (Lipinski definition) is 5. The molecule has 1 heterocycles. The molecule has 3 rings (SSSR count). The quantitative estimate of drug-likeness (QED) is 0.594. The van der Waals surface area contributed by atoms with Crippen LogP contribution in [0, 0.1) is 0 Å². The fourth-order valence-electron chi connectivity index (χ4n) is 3.20. The average molecular weight is 406 g/mol. The highest BCUT2D eigenvalue weighted by atomic mass is 19.2. The standard InChI is InChI=1S/C22H24F2O5/c1-16(25)28-21-22(24,15-23)20(27-13-18-10-6-3-7-11-18)19(29-21)14-26-12-17-8-4-2-5-9-17/h2-11,19-21H,12-15H2,1H3. The van der Waals surface area contributed by atoms with Gasteiger partial charge in [0.05, 0.1) is 19.8 Å². The van der Waals surface area contributed by atoms with Crippen LogP contribution in [0.4, 0.5) is 8.78 Å². The predicted octanol–water partition coefficient (Wildman–Crippen LogP) is 3.75. The highest BCUT2D eigenvalue weighted by Gasteiger charge is 2.61. The first kappa shape index (κ1) is 21.4. The van der Waals surface area contributed by atoms with E-state index in [1.54, 1.807) is 0 Å². The smallest absolute Gasteiger partial charge is 0.305 e. The fraction of sp³-hybridized carbons (Fsp3) is 0.409. The van der Waals surface area contributed by atoms with Gasteiger partial charge in [-0.05, 0) is 11.1 Å². The summed E-state index contributed by atoms with van der Waals surface area (Å²) >= 11 is 0. The zero-order valence-corrected chi connectivity index (χ0v) is 16.1. The van der Waals surface area contributed by atoms with Crippen molar-refractivity contribution in [3.8, 4) is 0 Å². The van der Waals surface area contributed by atoms with Gasteiger partial charge in [0.25, 0.3) is 0 Å². The first-order chi connectivity index (χ1) is 14.0. The normalized spacial score (nSPS) is 26.4. The topological polar surface area (TPSA) is 54.0 Å². The Bertz CT molecular complexity index is 773. The molecule has 5 nitrogen and oxygen atoms in total. The monoisotopic (exact) mass is 406 g/mol.